The van der Waals surface area contributed by atoms with Crippen molar-refractivity contribution in [1.82, 2.24) is 0 Å². The molecular weight excluding hydrogens is 215 g/mol. The van der Waals surface area contributed by atoms with E-state index in [1.165, 1.54) is 25.0 Å². The van der Waals surface area contributed by atoms with Crippen LogP contribution in [-0.4, -0.2) is 12.6 Å². The molecule has 0 spiro atoms. The number of halogens is 1. The number of nitrogens with two attached hydrogens (primary N) is 1. The van der Waals surface area contributed by atoms with E-state index in [0.29, 0.717) is 11.7 Å². The summed E-state index contributed by atoms with van der Waals surface area (Å²) in [7, 11) is 0. The fraction of sp³-hybridized carbons (Fsp3) is 0.571. The Morgan fingerprint density at radius 3 is 2.53 bits per heavy atom. The lowest BCUT2D eigenvalue weighted by molar-refractivity contribution is 0.618. The Labute approximate surface area is 104 Å². The second-order valence-electron chi connectivity index (χ2n) is 4.70. The summed E-state index contributed by atoms with van der Waals surface area (Å²) >= 11 is 0. The summed E-state index contributed by atoms with van der Waals surface area (Å²) in [6.07, 6.45) is 3.56. The molecule has 0 heterocycles. The molecule has 0 saturated heterocycles. The molecule has 0 saturated carbocycles. The quantitative estimate of drug-likeness (QED) is 0.603. The Morgan fingerprint density at radius 1 is 1.29 bits per heavy atom. The van der Waals surface area contributed by atoms with Gasteiger partial charge in [0.15, 0.2) is 0 Å². The first-order valence-corrected chi connectivity index (χ1v) is 6.38. The zero-order valence-corrected chi connectivity index (χ0v) is 11.0. The van der Waals surface area contributed by atoms with Crippen LogP contribution in [0.25, 0.3) is 0 Å². The second kappa shape index (κ2) is 6.48. The van der Waals surface area contributed by atoms with Gasteiger partial charge in [-0.3, -0.25) is 0 Å². The molecule has 3 heteroatoms. The van der Waals surface area contributed by atoms with Crippen LogP contribution in [0.1, 0.15) is 40.0 Å². The Hall–Kier alpha value is -1.25. The maximum absolute atomic E-state index is 13.0. The molecule has 1 aromatic rings. The first kappa shape index (κ1) is 13.8. The number of anilines is 2. The maximum Gasteiger partial charge on any atom is 0.125 e. The molecule has 0 bridgehead atoms. The van der Waals surface area contributed by atoms with Crippen LogP contribution in [0.15, 0.2) is 18.2 Å². The summed E-state index contributed by atoms with van der Waals surface area (Å²) < 4.78 is 13.0. The number of nitrogens with zero attached hydrogens (tertiary/aromatic N) is 1. The third-order valence-corrected chi connectivity index (χ3v) is 2.92. The highest BCUT2D eigenvalue weighted by Crippen LogP contribution is 2.26. The molecule has 0 aliphatic rings. The smallest absolute Gasteiger partial charge is 0.125 e. The summed E-state index contributed by atoms with van der Waals surface area (Å²) in [5.74, 6) is -0.275. The minimum absolute atomic E-state index is 0.275. The fourth-order valence-corrected chi connectivity index (χ4v) is 1.98. The van der Waals surface area contributed by atoms with Crippen LogP contribution in [-0.2, 0) is 0 Å². The highest BCUT2D eigenvalue weighted by Gasteiger charge is 2.13. The van der Waals surface area contributed by atoms with Gasteiger partial charge in [0.25, 0.3) is 0 Å². The third-order valence-electron chi connectivity index (χ3n) is 2.92. The average Bonchev–Trinajstić information content (AvgIpc) is 2.25. The predicted octanol–water partition coefficient (Wildman–Crippen LogP) is 3.81. The van der Waals surface area contributed by atoms with Gasteiger partial charge in [0, 0.05) is 12.6 Å². The summed E-state index contributed by atoms with van der Waals surface area (Å²) in [5, 5.41) is 0. The van der Waals surface area contributed by atoms with Gasteiger partial charge in [-0.2, -0.15) is 0 Å². The van der Waals surface area contributed by atoms with Crippen LogP contribution in [0.4, 0.5) is 15.8 Å². The predicted molar refractivity (Wildman–Crippen MR) is 72.8 cm³/mol. The normalized spacial score (nSPS) is 10.9. The highest BCUT2D eigenvalue weighted by atomic mass is 19.1. The summed E-state index contributed by atoms with van der Waals surface area (Å²) in [6, 6.07) is 5.02. The molecule has 2 nitrogen and oxygen atoms in total. The Balaban J connectivity index is 2.82. The molecule has 0 fully saturated rings. The standard InChI is InChI=1S/C14H23FN2/c1-4-5-6-9-17(11(2)3)14-8-7-12(15)10-13(14)16/h7-8,10-11H,4-6,9,16H2,1-3H3. The number of hydrogen-bond acceptors (Lipinski definition) is 2. The van der Waals surface area contributed by atoms with Crippen molar-refractivity contribution in [3.63, 3.8) is 0 Å². The van der Waals surface area contributed by atoms with E-state index >= 15 is 0 Å². The van der Waals surface area contributed by atoms with E-state index in [1.807, 2.05) is 0 Å². The molecule has 0 atom stereocenters. The minimum atomic E-state index is -0.275. The lowest BCUT2D eigenvalue weighted by atomic mass is 10.1. The average molecular weight is 238 g/mol. The molecule has 2 N–H and O–H groups in total. The van der Waals surface area contributed by atoms with Crippen molar-refractivity contribution in [2.75, 3.05) is 17.2 Å². The van der Waals surface area contributed by atoms with Crippen LogP contribution in [0.3, 0.4) is 0 Å². The monoisotopic (exact) mass is 238 g/mol. The van der Waals surface area contributed by atoms with Crippen LogP contribution >= 0.6 is 0 Å². The Bertz CT molecular complexity index is 350. The first-order chi connectivity index (χ1) is 8.06. The number of hydrogen-bond donors (Lipinski definition) is 1. The molecule has 0 unspecified atom stereocenters. The molecular formula is C14H23FN2. The molecule has 96 valence electrons. The van der Waals surface area contributed by atoms with Crippen molar-refractivity contribution >= 4 is 11.4 Å². The van der Waals surface area contributed by atoms with Crippen LogP contribution < -0.4 is 10.6 Å². The van der Waals surface area contributed by atoms with E-state index in [0.717, 1.165) is 18.7 Å². The molecule has 0 aliphatic heterocycles. The SMILES string of the molecule is CCCCCN(c1ccc(F)cc1N)C(C)C. The van der Waals surface area contributed by atoms with Crippen LogP contribution in [0.5, 0.6) is 0 Å². The van der Waals surface area contributed by atoms with Gasteiger partial charge in [0.2, 0.25) is 0 Å². The van der Waals surface area contributed by atoms with Crippen molar-refractivity contribution in [3.05, 3.63) is 24.0 Å². The zero-order valence-electron chi connectivity index (χ0n) is 11.0. The summed E-state index contributed by atoms with van der Waals surface area (Å²) in [5.41, 5.74) is 7.35. The van der Waals surface area contributed by atoms with Gasteiger partial charge in [0.05, 0.1) is 11.4 Å². The molecule has 0 aliphatic carbocycles. The van der Waals surface area contributed by atoms with Crippen molar-refractivity contribution in [2.24, 2.45) is 0 Å². The molecule has 1 rings (SSSR count). The Morgan fingerprint density at radius 2 is 2.00 bits per heavy atom. The van der Waals surface area contributed by atoms with Gasteiger partial charge in [-0.15, -0.1) is 0 Å². The van der Waals surface area contributed by atoms with Gasteiger partial charge in [0.1, 0.15) is 5.82 Å². The van der Waals surface area contributed by atoms with Gasteiger partial charge in [-0.1, -0.05) is 19.8 Å². The maximum atomic E-state index is 13.0. The van der Waals surface area contributed by atoms with Crippen molar-refractivity contribution < 1.29 is 4.39 Å². The van der Waals surface area contributed by atoms with Crippen molar-refractivity contribution in [1.29, 1.82) is 0 Å². The zero-order chi connectivity index (χ0) is 12.8. The van der Waals surface area contributed by atoms with Crippen LogP contribution in [0.2, 0.25) is 0 Å². The summed E-state index contributed by atoms with van der Waals surface area (Å²) in [4.78, 5) is 2.24. The second-order valence-corrected chi connectivity index (χ2v) is 4.70. The van der Waals surface area contributed by atoms with E-state index < -0.39 is 0 Å². The minimum Gasteiger partial charge on any atom is -0.397 e. The topological polar surface area (TPSA) is 29.3 Å². The van der Waals surface area contributed by atoms with Gasteiger partial charge in [-0.05, 0) is 38.5 Å². The van der Waals surface area contributed by atoms with E-state index in [-0.39, 0.29) is 5.82 Å². The lowest BCUT2D eigenvalue weighted by Crippen LogP contribution is -2.32. The number of nitrogen functional groups attached to an aromatic ring is 1. The highest BCUT2D eigenvalue weighted by molar-refractivity contribution is 5.67. The van der Waals surface area contributed by atoms with Gasteiger partial charge < -0.3 is 10.6 Å². The fourth-order valence-electron chi connectivity index (χ4n) is 1.98. The van der Waals surface area contributed by atoms with E-state index in [9.17, 15) is 4.39 Å². The van der Waals surface area contributed by atoms with E-state index in [2.05, 4.69) is 25.7 Å². The number of benzene rings is 1. The van der Waals surface area contributed by atoms with Crippen molar-refractivity contribution in [2.45, 2.75) is 46.1 Å². The molecule has 1 aromatic carbocycles. The van der Waals surface area contributed by atoms with Gasteiger partial charge >= 0.3 is 0 Å². The van der Waals surface area contributed by atoms with E-state index in [4.69, 9.17) is 5.73 Å². The molecule has 0 amide bonds. The molecule has 0 aromatic heterocycles. The molecule has 0 radical (unpaired) electrons. The first-order valence-electron chi connectivity index (χ1n) is 6.38. The third kappa shape index (κ3) is 3.91. The number of rotatable bonds is 6. The van der Waals surface area contributed by atoms with Gasteiger partial charge in [-0.25, -0.2) is 4.39 Å². The lowest BCUT2D eigenvalue weighted by Gasteiger charge is -2.30. The summed E-state index contributed by atoms with van der Waals surface area (Å²) in [6.45, 7) is 7.43. The van der Waals surface area contributed by atoms with Crippen LogP contribution in [0, 0.1) is 5.82 Å². The number of unbranched alkanes of at least 4 members (excludes halogenated alkanes) is 2. The largest absolute Gasteiger partial charge is 0.397 e. The molecule has 17 heavy (non-hydrogen) atoms. The van der Waals surface area contributed by atoms with E-state index in [1.54, 1.807) is 6.07 Å². The van der Waals surface area contributed by atoms with Crippen molar-refractivity contribution in [3.8, 4) is 0 Å². The Kier molecular flexibility index (Phi) is 5.26.